The van der Waals surface area contributed by atoms with E-state index in [0.29, 0.717) is 18.7 Å². The summed E-state index contributed by atoms with van der Waals surface area (Å²) in [6, 6.07) is 5.81. The summed E-state index contributed by atoms with van der Waals surface area (Å²) in [4.78, 5) is 25.4. The molecule has 1 saturated heterocycles. The van der Waals surface area contributed by atoms with Crippen molar-refractivity contribution >= 4 is 21.8 Å². The van der Waals surface area contributed by atoms with Gasteiger partial charge in [0, 0.05) is 31.6 Å². The van der Waals surface area contributed by atoms with Crippen molar-refractivity contribution in [3.63, 3.8) is 0 Å². The van der Waals surface area contributed by atoms with Gasteiger partial charge in [0.1, 0.15) is 0 Å². The topological polar surface area (TPSA) is 95.6 Å². The van der Waals surface area contributed by atoms with Crippen molar-refractivity contribution < 1.29 is 18.0 Å². The number of hydrogen-bond donors (Lipinski definition) is 2. The monoisotopic (exact) mass is 339 g/mol. The number of nitrogens with zero attached hydrogens (tertiary/aromatic N) is 1. The molecule has 0 unspecified atom stereocenters. The van der Waals surface area contributed by atoms with Crippen molar-refractivity contribution in [1.29, 1.82) is 0 Å². The van der Waals surface area contributed by atoms with Gasteiger partial charge in [-0.2, -0.15) is 0 Å². The van der Waals surface area contributed by atoms with Gasteiger partial charge in [-0.25, -0.2) is 13.1 Å². The van der Waals surface area contributed by atoms with Crippen molar-refractivity contribution in [3.8, 4) is 0 Å². The number of carbonyl (C=O) groups is 2. The average Bonchev–Trinajstić information content (AvgIpc) is 2.55. The van der Waals surface area contributed by atoms with Crippen LogP contribution in [0.5, 0.6) is 0 Å². The predicted octanol–water partition coefficient (Wildman–Crippen LogP) is 0.335. The van der Waals surface area contributed by atoms with Gasteiger partial charge in [-0.1, -0.05) is 0 Å². The number of benzene rings is 1. The highest BCUT2D eigenvalue weighted by atomic mass is 32.2. The van der Waals surface area contributed by atoms with Gasteiger partial charge < -0.3 is 10.2 Å². The zero-order valence-corrected chi connectivity index (χ0v) is 14.0. The molecule has 0 radical (unpaired) electrons. The van der Waals surface area contributed by atoms with Crippen LogP contribution in [0.15, 0.2) is 29.2 Å². The minimum Gasteiger partial charge on any atom is -0.349 e. The summed E-state index contributed by atoms with van der Waals surface area (Å²) < 4.78 is 25.5. The number of sulfonamides is 1. The number of amides is 2. The van der Waals surface area contributed by atoms with E-state index in [4.69, 9.17) is 0 Å². The Kier molecular flexibility index (Phi) is 5.38. The second-order valence-corrected chi connectivity index (χ2v) is 7.37. The van der Waals surface area contributed by atoms with Gasteiger partial charge in [-0.3, -0.25) is 9.59 Å². The van der Waals surface area contributed by atoms with Crippen LogP contribution in [0.1, 0.15) is 30.1 Å². The maximum atomic E-state index is 12.2. The lowest BCUT2D eigenvalue weighted by molar-refractivity contribution is -0.129. The fourth-order valence-corrected chi connectivity index (χ4v) is 3.24. The van der Waals surface area contributed by atoms with Crippen molar-refractivity contribution in [3.05, 3.63) is 29.8 Å². The van der Waals surface area contributed by atoms with Crippen molar-refractivity contribution in [2.24, 2.45) is 0 Å². The summed E-state index contributed by atoms with van der Waals surface area (Å²) in [6.45, 7) is 2.82. The molecule has 7 nitrogen and oxygen atoms in total. The smallest absolute Gasteiger partial charge is 0.251 e. The van der Waals surface area contributed by atoms with E-state index in [1.807, 2.05) is 0 Å². The first kappa shape index (κ1) is 17.4. The summed E-state index contributed by atoms with van der Waals surface area (Å²) in [5, 5.41) is 2.92. The zero-order valence-electron chi connectivity index (χ0n) is 13.2. The van der Waals surface area contributed by atoms with Crippen LogP contribution >= 0.6 is 0 Å². The molecular weight excluding hydrogens is 318 g/mol. The van der Waals surface area contributed by atoms with Crippen LogP contribution in [0.2, 0.25) is 0 Å². The molecular formula is C15H21N3O4S. The lowest BCUT2D eigenvalue weighted by atomic mass is 10.0. The van der Waals surface area contributed by atoms with Gasteiger partial charge >= 0.3 is 0 Å². The van der Waals surface area contributed by atoms with Gasteiger partial charge in [-0.05, 0) is 44.2 Å². The minimum absolute atomic E-state index is 0.0267. The fourth-order valence-electron chi connectivity index (χ4n) is 2.51. The predicted molar refractivity (Wildman–Crippen MR) is 85.4 cm³/mol. The lowest BCUT2D eigenvalue weighted by Crippen LogP contribution is -2.46. The summed E-state index contributed by atoms with van der Waals surface area (Å²) in [7, 11) is -2.16. The third-order valence-corrected chi connectivity index (χ3v) is 5.40. The molecule has 0 aliphatic carbocycles. The molecule has 126 valence electrons. The Labute approximate surface area is 136 Å². The first-order valence-electron chi connectivity index (χ1n) is 7.43. The molecule has 8 heteroatoms. The molecule has 2 N–H and O–H groups in total. The molecule has 0 spiro atoms. The Morgan fingerprint density at radius 1 is 1.13 bits per heavy atom. The number of nitrogens with one attached hydrogen (secondary N) is 2. The molecule has 1 aromatic carbocycles. The highest BCUT2D eigenvalue weighted by Crippen LogP contribution is 2.13. The molecule has 0 atom stereocenters. The summed E-state index contributed by atoms with van der Waals surface area (Å²) in [5.74, 6) is -0.184. The third kappa shape index (κ3) is 4.29. The highest BCUT2D eigenvalue weighted by molar-refractivity contribution is 7.89. The van der Waals surface area contributed by atoms with E-state index in [1.165, 1.54) is 31.3 Å². The Balaban J connectivity index is 1.95. The molecule has 1 aliphatic rings. The second-order valence-electron chi connectivity index (χ2n) is 5.49. The second kappa shape index (κ2) is 7.10. The molecule has 23 heavy (non-hydrogen) atoms. The van der Waals surface area contributed by atoms with Crippen molar-refractivity contribution in [1.82, 2.24) is 14.9 Å². The SMILES string of the molecule is CNS(=O)(=O)c1ccc(C(=O)NC2CCN(C(C)=O)CC2)cc1. The summed E-state index contributed by atoms with van der Waals surface area (Å²) >= 11 is 0. The number of rotatable bonds is 4. The van der Waals surface area contributed by atoms with E-state index in [-0.39, 0.29) is 22.8 Å². The summed E-state index contributed by atoms with van der Waals surface area (Å²) in [5.41, 5.74) is 0.411. The number of carbonyl (C=O) groups excluding carboxylic acids is 2. The standard InChI is InChI=1S/C15H21N3O4S/c1-11(19)18-9-7-13(8-10-18)17-15(20)12-3-5-14(6-4-12)23(21,22)16-2/h3-6,13,16H,7-10H2,1-2H3,(H,17,20). The normalized spacial score (nSPS) is 16.2. The largest absolute Gasteiger partial charge is 0.349 e. The number of likely N-dealkylation sites (tertiary alicyclic amines) is 1. The fraction of sp³-hybridized carbons (Fsp3) is 0.467. The molecule has 2 amide bonds. The maximum absolute atomic E-state index is 12.2. The lowest BCUT2D eigenvalue weighted by Gasteiger charge is -2.31. The molecule has 0 bridgehead atoms. The Bertz CT molecular complexity index is 677. The van der Waals surface area contributed by atoms with E-state index < -0.39 is 10.0 Å². The first-order chi connectivity index (χ1) is 10.8. The van der Waals surface area contributed by atoms with Crippen LogP contribution in [0.4, 0.5) is 0 Å². The van der Waals surface area contributed by atoms with Crippen LogP contribution in [0, 0.1) is 0 Å². The van der Waals surface area contributed by atoms with Crippen molar-refractivity contribution in [2.45, 2.75) is 30.7 Å². The molecule has 0 saturated carbocycles. The van der Waals surface area contributed by atoms with Crippen LogP contribution < -0.4 is 10.0 Å². The van der Waals surface area contributed by atoms with Crippen LogP contribution in [0.3, 0.4) is 0 Å². The minimum atomic E-state index is -3.50. The van der Waals surface area contributed by atoms with Gasteiger partial charge in [-0.15, -0.1) is 0 Å². The van der Waals surface area contributed by atoms with E-state index in [0.717, 1.165) is 12.8 Å². The molecule has 2 rings (SSSR count). The van der Waals surface area contributed by atoms with E-state index in [9.17, 15) is 18.0 Å². The summed E-state index contributed by atoms with van der Waals surface area (Å²) in [6.07, 6.45) is 1.44. The van der Waals surface area contributed by atoms with E-state index in [1.54, 1.807) is 11.8 Å². The van der Waals surface area contributed by atoms with Gasteiger partial charge in [0.2, 0.25) is 15.9 Å². The van der Waals surface area contributed by atoms with Crippen LogP contribution in [-0.4, -0.2) is 51.3 Å². The zero-order chi connectivity index (χ0) is 17.0. The highest BCUT2D eigenvalue weighted by Gasteiger charge is 2.22. The molecule has 1 aromatic rings. The average molecular weight is 339 g/mol. The van der Waals surface area contributed by atoms with Crippen LogP contribution in [0.25, 0.3) is 0 Å². The Morgan fingerprint density at radius 3 is 2.17 bits per heavy atom. The molecule has 1 aliphatic heterocycles. The molecule has 0 aromatic heterocycles. The van der Waals surface area contributed by atoms with E-state index in [2.05, 4.69) is 10.0 Å². The van der Waals surface area contributed by atoms with Crippen molar-refractivity contribution in [2.75, 3.05) is 20.1 Å². The Morgan fingerprint density at radius 2 is 1.70 bits per heavy atom. The quantitative estimate of drug-likeness (QED) is 0.827. The molecule has 1 heterocycles. The number of hydrogen-bond acceptors (Lipinski definition) is 4. The Hall–Kier alpha value is -1.93. The van der Waals surface area contributed by atoms with Gasteiger partial charge in [0.05, 0.1) is 4.90 Å². The van der Waals surface area contributed by atoms with Crippen LogP contribution in [-0.2, 0) is 14.8 Å². The van der Waals surface area contributed by atoms with Gasteiger partial charge in [0.15, 0.2) is 0 Å². The first-order valence-corrected chi connectivity index (χ1v) is 8.92. The molecule has 1 fully saturated rings. The third-order valence-electron chi connectivity index (χ3n) is 3.97. The number of piperidine rings is 1. The van der Waals surface area contributed by atoms with E-state index >= 15 is 0 Å². The maximum Gasteiger partial charge on any atom is 0.251 e. The van der Waals surface area contributed by atoms with Gasteiger partial charge in [0.25, 0.3) is 5.91 Å².